The predicted molar refractivity (Wildman–Crippen MR) is 42.7 cm³/mol. The van der Waals surface area contributed by atoms with Gasteiger partial charge in [-0.1, -0.05) is 16.8 Å². The van der Waals surface area contributed by atoms with Crippen molar-refractivity contribution in [3.05, 3.63) is 29.0 Å². The number of fused-ring (bicyclic) bond motifs is 1. The Kier molecular flexibility index (Phi) is 1.32. The minimum atomic E-state index is 0.669. The molecule has 2 heterocycles. The van der Waals surface area contributed by atoms with Crippen LogP contribution in [0.5, 0.6) is 0 Å². The maximum absolute atomic E-state index is 5.74. The Morgan fingerprint density at radius 1 is 1.45 bits per heavy atom. The number of aromatic nitrogens is 3. The van der Waals surface area contributed by atoms with Gasteiger partial charge in [0, 0.05) is 6.20 Å². The van der Waals surface area contributed by atoms with Gasteiger partial charge in [0.25, 0.3) is 0 Å². The molecular formula is C7H6ClN3. The average Bonchev–Trinajstić information content (AvgIpc) is 2.32. The summed E-state index contributed by atoms with van der Waals surface area (Å²) >= 11 is 5.74. The van der Waals surface area contributed by atoms with Gasteiger partial charge in [0.2, 0.25) is 0 Å². The van der Waals surface area contributed by atoms with Gasteiger partial charge in [-0.2, -0.15) is 0 Å². The number of rotatable bonds is 0. The molecule has 0 saturated heterocycles. The summed E-state index contributed by atoms with van der Waals surface area (Å²) in [4.78, 5) is 0. The summed E-state index contributed by atoms with van der Waals surface area (Å²) in [5.74, 6) is 0. The van der Waals surface area contributed by atoms with Crippen LogP contribution in [0.2, 0.25) is 5.02 Å². The molecule has 0 aromatic carbocycles. The van der Waals surface area contributed by atoms with E-state index in [-0.39, 0.29) is 0 Å². The fourth-order valence-corrected chi connectivity index (χ4v) is 1.15. The van der Waals surface area contributed by atoms with Crippen LogP contribution >= 0.6 is 11.6 Å². The van der Waals surface area contributed by atoms with E-state index in [9.17, 15) is 0 Å². The molecule has 11 heavy (non-hydrogen) atoms. The van der Waals surface area contributed by atoms with Crippen molar-refractivity contribution < 1.29 is 0 Å². The standard InChI is InChI=1S/C7H6ClN3/c1-5-7-3-2-6(8)4-11(7)10-9-5/h2-4H,1H3. The summed E-state index contributed by atoms with van der Waals surface area (Å²) in [5.41, 5.74) is 1.91. The summed E-state index contributed by atoms with van der Waals surface area (Å²) in [5, 5.41) is 8.42. The lowest BCUT2D eigenvalue weighted by Crippen LogP contribution is -1.84. The zero-order valence-corrected chi connectivity index (χ0v) is 6.71. The predicted octanol–water partition coefficient (Wildman–Crippen LogP) is 1.69. The van der Waals surface area contributed by atoms with Crippen LogP contribution < -0.4 is 0 Å². The molecule has 0 aliphatic heterocycles. The summed E-state index contributed by atoms with van der Waals surface area (Å²) in [6.07, 6.45) is 1.73. The molecule has 0 fully saturated rings. The number of aryl methyl sites for hydroxylation is 1. The van der Waals surface area contributed by atoms with Crippen LogP contribution in [0.25, 0.3) is 5.52 Å². The molecule has 56 valence electrons. The zero-order chi connectivity index (χ0) is 7.84. The van der Waals surface area contributed by atoms with Gasteiger partial charge < -0.3 is 0 Å². The van der Waals surface area contributed by atoms with Crippen molar-refractivity contribution in [2.45, 2.75) is 6.92 Å². The van der Waals surface area contributed by atoms with Gasteiger partial charge in [-0.15, -0.1) is 5.10 Å². The average molecular weight is 168 g/mol. The van der Waals surface area contributed by atoms with Crippen LogP contribution in [0.1, 0.15) is 5.69 Å². The van der Waals surface area contributed by atoms with Crippen LogP contribution in [0.15, 0.2) is 18.3 Å². The van der Waals surface area contributed by atoms with Crippen molar-refractivity contribution in [1.29, 1.82) is 0 Å². The summed E-state index contributed by atoms with van der Waals surface area (Å²) in [6.45, 7) is 1.91. The Morgan fingerprint density at radius 2 is 2.27 bits per heavy atom. The maximum Gasteiger partial charge on any atom is 0.0895 e. The number of nitrogens with zero attached hydrogens (tertiary/aromatic N) is 3. The third-order valence-electron chi connectivity index (χ3n) is 1.55. The molecule has 0 saturated carbocycles. The molecule has 0 spiro atoms. The molecule has 4 heteroatoms. The first kappa shape index (κ1) is 6.61. The maximum atomic E-state index is 5.74. The second kappa shape index (κ2) is 2.20. The van der Waals surface area contributed by atoms with E-state index in [0.717, 1.165) is 11.2 Å². The molecule has 0 amide bonds. The third-order valence-corrected chi connectivity index (χ3v) is 1.78. The third kappa shape index (κ3) is 0.973. The van der Waals surface area contributed by atoms with Crippen LogP contribution in [0.4, 0.5) is 0 Å². The van der Waals surface area contributed by atoms with Crippen molar-refractivity contribution in [2.75, 3.05) is 0 Å². The molecule has 2 aromatic heterocycles. The van der Waals surface area contributed by atoms with Crippen molar-refractivity contribution >= 4 is 17.1 Å². The van der Waals surface area contributed by atoms with Gasteiger partial charge in [-0.05, 0) is 19.1 Å². The normalized spacial score (nSPS) is 10.7. The first-order valence-electron chi connectivity index (χ1n) is 3.24. The van der Waals surface area contributed by atoms with E-state index >= 15 is 0 Å². The second-order valence-corrected chi connectivity index (χ2v) is 2.79. The lowest BCUT2D eigenvalue weighted by atomic mass is 10.3. The number of hydrogen-bond donors (Lipinski definition) is 0. The van der Waals surface area contributed by atoms with Crippen LogP contribution in [-0.2, 0) is 0 Å². The molecule has 0 unspecified atom stereocenters. The van der Waals surface area contributed by atoms with Gasteiger partial charge in [0.05, 0.1) is 16.2 Å². The zero-order valence-electron chi connectivity index (χ0n) is 5.95. The summed E-state index contributed by atoms with van der Waals surface area (Å²) < 4.78 is 1.66. The Morgan fingerprint density at radius 3 is 3.09 bits per heavy atom. The quantitative estimate of drug-likeness (QED) is 0.598. The van der Waals surface area contributed by atoms with Gasteiger partial charge in [-0.25, -0.2) is 4.52 Å². The van der Waals surface area contributed by atoms with E-state index in [0.29, 0.717) is 5.02 Å². The lowest BCUT2D eigenvalue weighted by molar-refractivity contribution is 0.849. The Bertz CT molecular complexity index is 393. The smallest absolute Gasteiger partial charge is 0.0895 e. The lowest BCUT2D eigenvalue weighted by Gasteiger charge is -1.91. The first-order valence-corrected chi connectivity index (χ1v) is 3.62. The highest BCUT2D eigenvalue weighted by Crippen LogP contribution is 2.11. The second-order valence-electron chi connectivity index (χ2n) is 2.35. The van der Waals surface area contributed by atoms with Gasteiger partial charge in [0.15, 0.2) is 0 Å². The van der Waals surface area contributed by atoms with Crippen molar-refractivity contribution in [3.8, 4) is 0 Å². The van der Waals surface area contributed by atoms with E-state index < -0.39 is 0 Å². The van der Waals surface area contributed by atoms with Gasteiger partial charge in [0.1, 0.15) is 0 Å². The highest BCUT2D eigenvalue weighted by molar-refractivity contribution is 6.30. The van der Waals surface area contributed by atoms with Gasteiger partial charge in [-0.3, -0.25) is 0 Å². The Hall–Kier alpha value is -1.09. The van der Waals surface area contributed by atoms with Crippen molar-refractivity contribution in [1.82, 2.24) is 14.8 Å². The van der Waals surface area contributed by atoms with E-state index in [1.54, 1.807) is 10.7 Å². The topological polar surface area (TPSA) is 30.2 Å². The summed E-state index contributed by atoms with van der Waals surface area (Å²) in [7, 11) is 0. The van der Waals surface area contributed by atoms with E-state index in [2.05, 4.69) is 10.3 Å². The highest BCUT2D eigenvalue weighted by atomic mass is 35.5. The first-order chi connectivity index (χ1) is 5.27. The van der Waals surface area contributed by atoms with E-state index in [1.807, 2.05) is 19.1 Å². The molecule has 0 aliphatic rings. The SMILES string of the molecule is Cc1nnn2cc(Cl)ccc12. The molecule has 0 aliphatic carbocycles. The van der Waals surface area contributed by atoms with Crippen LogP contribution in [0.3, 0.4) is 0 Å². The Labute approximate surface area is 68.6 Å². The highest BCUT2D eigenvalue weighted by Gasteiger charge is 1.99. The van der Waals surface area contributed by atoms with Crippen LogP contribution in [-0.4, -0.2) is 14.8 Å². The molecular weight excluding hydrogens is 162 g/mol. The fraction of sp³-hybridized carbons (Fsp3) is 0.143. The molecule has 0 N–H and O–H groups in total. The molecule has 2 rings (SSSR count). The Balaban J connectivity index is 2.86. The minimum absolute atomic E-state index is 0.669. The van der Waals surface area contributed by atoms with Crippen LogP contribution in [0, 0.1) is 6.92 Å². The van der Waals surface area contributed by atoms with Gasteiger partial charge >= 0.3 is 0 Å². The fourth-order valence-electron chi connectivity index (χ4n) is 0.991. The van der Waals surface area contributed by atoms with E-state index in [4.69, 9.17) is 11.6 Å². The molecule has 0 radical (unpaired) electrons. The molecule has 0 bridgehead atoms. The van der Waals surface area contributed by atoms with E-state index in [1.165, 1.54) is 0 Å². The monoisotopic (exact) mass is 167 g/mol. The molecule has 0 atom stereocenters. The summed E-state index contributed by atoms with van der Waals surface area (Å²) in [6, 6.07) is 3.73. The molecule has 2 aromatic rings. The molecule has 3 nitrogen and oxygen atoms in total. The number of halogens is 1. The minimum Gasteiger partial charge on any atom is -0.219 e. The number of hydrogen-bond acceptors (Lipinski definition) is 2. The van der Waals surface area contributed by atoms with Crippen molar-refractivity contribution in [2.24, 2.45) is 0 Å². The van der Waals surface area contributed by atoms with Crippen molar-refractivity contribution in [3.63, 3.8) is 0 Å². The largest absolute Gasteiger partial charge is 0.219 e. The number of pyridine rings is 1.